The molecule has 0 N–H and O–H groups in total. The predicted molar refractivity (Wildman–Crippen MR) is 121 cm³/mol. The van der Waals surface area contributed by atoms with Crippen molar-refractivity contribution in [1.82, 2.24) is 19.6 Å². The van der Waals surface area contributed by atoms with Gasteiger partial charge >= 0.3 is 5.76 Å². The minimum absolute atomic E-state index is 0.0572. The summed E-state index contributed by atoms with van der Waals surface area (Å²) < 4.78 is 12.1. The van der Waals surface area contributed by atoms with Crippen LogP contribution < -0.4 is 10.5 Å². The minimum Gasteiger partial charge on any atom is -0.496 e. The Morgan fingerprint density at radius 2 is 1.82 bits per heavy atom. The molecule has 0 aliphatic carbocycles. The molecule has 0 bridgehead atoms. The fraction of sp³-hybridized carbons (Fsp3) is 0.250. The van der Waals surface area contributed by atoms with Crippen molar-refractivity contribution in [2.45, 2.75) is 19.4 Å². The second-order valence-electron chi connectivity index (χ2n) is 7.76. The number of pyridine rings is 1. The summed E-state index contributed by atoms with van der Waals surface area (Å²) in [5.74, 6) is -0.570. The van der Waals surface area contributed by atoms with E-state index >= 15 is 0 Å². The largest absolute Gasteiger partial charge is 0.496 e. The number of rotatable bonds is 5. The van der Waals surface area contributed by atoms with Gasteiger partial charge in [0.1, 0.15) is 11.4 Å². The number of benzene rings is 2. The number of aryl methyl sites for hydroxylation is 1. The molecular formula is C24H22N4O5. The normalized spacial score (nSPS) is 13.7. The number of aromatic nitrogens is 2. The average Bonchev–Trinajstić information content (AvgIpc) is 3.45. The highest BCUT2D eigenvalue weighted by Gasteiger charge is 2.32. The number of nitrogens with zero attached hydrogens (tertiary/aromatic N) is 4. The molecule has 2 aromatic carbocycles. The maximum atomic E-state index is 13.3. The van der Waals surface area contributed by atoms with Crippen molar-refractivity contribution in [3.05, 3.63) is 70.8 Å². The van der Waals surface area contributed by atoms with Crippen LogP contribution in [0.2, 0.25) is 0 Å². The number of para-hydroxylation sites is 3. The molecule has 5 rings (SSSR count). The van der Waals surface area contributed by atoms with Crippen LogP contribution in [0, 0.1) is 0 Å². The molecule has 33 heavy (non-hydrogen) atoms. The van der Waals surface area contributed by atoms with E-state index in [4.69, 9.17) is 9.15 Å². The molecule has 1 fully saturated rings. The third-order valence-corrected chi connectivity index (χ3v) is 5.79. The summed E-state index contributed by atoms with van der Waals surface area (Å²) in [7, 11) is 1.54. The van der Waals surface area contributed by atoms with Crippen LogP contribution in [-0.2, 0) is 11.3 Å². The van der Waals surface area contributed by atoms with Crippen LogP contribution in [0.4, 0.5) is 0 Å². The lowest BCUT2D eigenvalue weighted by Gasteiger charge is -2.28. The third-order valence-electron chi connectivity index (χ3n) is 5.79. The first-order valence-electron chi connectivity index (χ1n) is 10.7. The van der Waals surface area contributed by atoms with Gasteiger partial charge in [-0.1, -0.05) is 24.3 Å². The Morgan fingerprint density at radius 1 is 1.06 bits per heavy atom. The zero-order chi connectivity index (χ0) is 22.9. The number of carbonyl (C=O) groups is 2. The summed E-state index contributed by atoms with van der Waals surface area (Å²) in [5.41, 5.74) is 1.96. The molecule has 0 unspecified atom stereocenters. The molecule has 9 nitrogen and oxygen atoms in total. The maximum absolute atomic E-state index is 13.3. The van der Waals surface area contributed by atoms with Crippen LogP contribution >= 0.6 is 0 Å². The van der Waals surface area contributed by atoms with Crippen LogP contribution in [0.15, 0.2) is 63.8 Å². The van der Waals surface area contributed by atoms with Crippen molar-refractivity contribution < 1.29 is 18.7 Å². The van der Waals surface area contributed by atoms with E-state index in [1.165, 1.54) is 14.6 Å². The highest BCUT2D eigenvalue weighted by molar-refractivity contribution is 5.98. The van der Waals surface area contributed by atoms with E-state index in [-0.39, 0.29) is 30.5 Å². The number of hydrogen-bond acceptors (Lipinski definition) is 6. The number of ether oxygens (including phenoxy) is 1. The molecule has 168 valence electrons. The van der Waals surface area contributed by atoms with Crippen LogP contribution in [-0.4, -0.2) is 51.6 Å². The number of hydrazine groups is 1. The quantitative estimate of drug-likeness (QED) is 0.468. The number of fused-ring (bicyclic) bond motifs is 2. The van der Waals surface area contributed by atoms with E-state index in [0.717, 1.165) is 5.39 Å². The second kappa shape index (κ2) is 8.42. The molecule has 2 amide bonds. The van der Waals surface area contributed by atoms with Crippen LogP contribution in [0.5, 0.6) is 5.75 Å². The number of carbonyl (C=O) groups excluding carboxylic acids is 2. The maximum Gasteiger partial charge on any atom is 0.419 e. The zero-order valence-electron chi connectivity index (χ0n) is 18.1. The molecule has 0 spiro atoms. The molecule has 0 atom stereocenters. The standard InChI is InChI=1S/C24H22N4O5/c1-32-21-15-18(25-17-8-3-2-7-16(17)21)23(30)28-13-6-12-27(28)22(29)11-14-26-19-9-4-5-10-20(19)33-24(26)31/h2-5,7-10,15H,6,11-14H2,1H3. The Kier molecular flexibility index (Phi) is 5.29. The van der Waals surface area contributed by atoms with Gasteiger partial charge in [0.25, 0.3) is 5.91 Å². The molecule has 9 heteroatoms. The van der Waals surface area contributed by atoms with Crippen molar-refractivity contribution in [3.8, 4) is 5.75 Å². The lowest BCUT2D eigenvalue weighted by molar-refractivity contribution is -0.140. The van der Waals surface area contributed by atoms with E-state index < -0.39 is 5.76 Å². The van der Waals surface area contributed by atoms with Gasteiger partial charge in [-0.15, -0.1) is 0 Å². The minimum atomic E-state index is -0.509. The Labute approximate surface area is 188 Å². The SMILES string of the molecule is COc1cc(C(=O)N2CCCN2C(=O)CCn2c(=O)oc3ccccc32)nc2ccccc12. The topological polar surface area (TPSA) is 97.9 Å². The van der Waals surface area contributed by atoms with Gasteiger partial charge in [0.15, 0.2) is 5.58 Å². The molecular weight excluding hydrogens is 424 g/mol. The van der Waals surface area contributed by atoms with Gasteiger partial charge in [-0.05, 0) is 30.7 Å². The van der Waals surface area contributed by atoms with Crippen molar-refractivity contribution in [2.75, 3.05) is 20.2 Å². The van der Waals surface area contributed by atoms with Gasteiger partial charge in [0.05, 0.1) is 18.1 Å². The monoisotopic (exact) mass is 446 g/mol. The van der Waals surface area contributed by atoms with E-state index in [1.54, 1.807) is 37.4 Å². The Morgan fingerprint density at radius 3 is 2.67 bits per heavy atom. The molecule has 1 aliphatic rings. The van der Waals surface area contributed by atoms with Gasteiger partial charge in [-0.2, -0.15) is 0 Å². The summed E-state index contributed by atoms with van der Waals surface area (Å²) in [6, 6.07) is 16.1. The predicted octanol–water partition coefficient (Wildman–Crippen LogP) is 2.83. The lowest BCUT2D eigenvalue weighted by Crippen LogP contribution is -2.45. The lowest BCUT2D eigenvalue weighted by atomic mass is 10.1. The van der Waals surface area contributed by atoms with Crippen LogP contribution in [0.1, 0.15) is 23.3 Å². The summed E-state index contributed by atoms with van der Waals surface area (Å²) in [4.78, 5) is 43.0. The molecule has 0 saturated carbocycles. The molecule has 4 aromatic rings. The Balaban J connectivity index is 1.36. The molecule has 0 radical (unpaired) electrons. The van der Waals surface area contributed by atoms with Crippen molar-refractivity contribution >= 4 is 33.8 Å². The first-order chi connectivity index (χ1) is 16.1. The Bertz CT molecular complexity index is 1420. The number of hydrogen-bond donors (Lipinski definition) is 0. The van der Waals surface area contributed by atoms with Crippen LogP contribution in [0.25, 0.3) is 22.0 Å². The smallest absolute Gasteiger partial charge is 0.419 e. The van der Waals surface area contributed by atoms with E-state index in [9.17, 15) is 14.4 Å². The molecule has 1 aliphatic heterocycles. The fourth-order valence-corrected chi connectivity index (χ4v) is 4.20. The van der Waals surface area contributed by atoms with E-state index in [2.05, 4.69) is 4.98 Å². The van der Waals surface area contributed by atoms with Gasteiger partial charge < -0.3 is 9.15 Å². The molecule has 3 heterocycles. The van der Waals surface area contributed by atoms with Crippen molar-refractivity contribution in [2.24, 2.45) is 0 Å². The van der Waals surface area contributed by atoms with Gasteiger partial charge in [0, 0.05) is 37.5 Å². The van der Waals surface area contributed by atoms with E-state index in [0.29, 0.717) is 41.9 Å². The van der Waals surface area contributed by atoms with Crippen molar-refractivity contribution in [3.63, 3.8) is 0 Å². The first kappa shape index (κ1) is 20.7. The van der Waals surface area contributed by atoms with Crippen molar-refractivity contribution in [1.29, 1.82) is 0 Å². The average molecular weight is 446 g/mol. The highest BCUT2D eigenvalue weighted by Crippen LogP contribution is 2.26. The van der Waals surface area contributed by atoms with Gasteiger partial charge in [-0.25, -0.2) is 14.8 Å². The number of oxazole rings is 1. The summed E-state index contributed by atoms with van der Waals surface area (Å²) >= 11 is 0. The van der Waals surface area contributed by atoms with Crippen LogP contribution in [0.3, 0.4) is 0 Å². The first-order valence-corrected chi connectivity index (χ1v) is 10.7. The Hall–Kier alpha value is -4.14. The molecule has 2 aromatic heterocycles. The summed E-state index contributed by atoms with van der Waals surface area (Å²) in [5, 5.41) is 3.68. The number of amides is 2. The number of methoxy groups -OCH3 is 1. The van der Waals surface area contributed by atoms with Gasteiger partial charge in [-0.3, -0.25) is 19.2 Å². The van der Waals surface area contributed by atoms with E-state index in [1.807, 2.05) is 24.3 Å². The second-order valence-corrected chi connectivity index (χ2v) is 7.76. The summed E-state index contributed by atoms with van der Waals surface area (Å²) in [6.45, 7) is 1.00. The highest BCUT2D eigenvalue weighted by atomic mass is 16.5. The fourth-order valence-electron chi connectivity index (χ4n) is 4.20. The zero-order valence-corrected chi connectivity index (χ0v) is 18.1. The summed E-state index contributed by atoms with van der Waals surface area (Å²) in [6.07, 6.45) is 0.721. The third kappa shape index (κ3) is 3.71. The van der Waals surface area contributed by atoms with Gasteiger partial charge in [0.2, 0.25) is 5.91 Å². The molecule has 1 saturated heterocycles.